The van der Waals surface area contributed by atoms with Gasteiger partial charge < -0.3 is 9.67 Å². The average Bonchev–Trinajstić information content (AvgIpc) is 2.37. The van der Waals surface area contributed by atoms with Gasteiger partial charge in [-0.15, -0.1) is 10.2 Å². The van der Waals surface area contributed by atoms with Crippen molar-refractivity contribution < 1.29 is 9.90 Å². The number of hydrogen-bond donors (Lipinski definition) is 1. The van der Waals surface area contributed by atoms with Gasteiger partial charge in [0.25, 0.3) is 0 Å². The van der Waals surface area contributed by atoms with Crippen LogP contribution in [0.15, 0.2) is 6.33 Å². The number of aliphatic carboxylic acids is 1. The van der Waals surface area contributed by atoms with E-state index in [1.165, 1.54) is 6.33 Å². The Morgan fingerprint density at radius 3 is 3.08 bits per heavy atom. The first-order valence-corrected chi connectivity index (χ1v) is 3.82. The van der Waals surface area contributed by atoms with Gasteiger partial charge in [-0.3, -0.25) is 4.79 Å². The van der Waals surface area contributed by atoms with Crippen LogP contribution in [0.4, 0.5) is 0 Å². The van der Waals surface area contributed by atoms with Gasteiger partial charge in [0.15, 0.2) is 0 Å². The molecule has 5 heteroatoms. The van der Waals surface area contributed by atoms with Crippen LogP contribution in [-0.4, -0.2) is 25.8 Å². The van der Waals surface area contributed by atoms with Crippen LogP contribution in [0.5, 0.6) is 0 Å². The van der Waals surface area contributed by atoms with Crippen LogP contribution in [-0.2, 0) is 17.8 Å². The third-order valence-electron chi connectivity index (χ3n) is 1.47. The Morgan fingerprint density at radius 2 is 2.50 bits per heavy atom. The molecule has 1 aromatic heterocycles. The number of carboxylic acids is 1. The van der Waals surface area contributed by atoms with Crippen molar-refractivity contribution in [3.05, 3.63) is 12.2 Å². The molecule has 0 atom stereocenters. The van der Waals surface area contributed by atoms with Gasteiger partial charge >= 0.3 is 5.97 Å². The molecule has 0 bridgehead atoms. The Morgan fingerprint density at radius 1 is 1.75 bits per heavy atom. The van der Waals surface area contributed by atoms with Crippen LogP contribution in [0.25, 0.3) is 0 Å². The van der Waals surface area contributed by atoms with Crippen LogP contribution in [0.2, 0.25) is 0 Å². The topological polar surface area (TPSA) is 68.0 Å². The number of carbonyl (C=O) groups is 1. The maximum absolute atomic E-state index is 10.3. The molecule has 0 unspecified atom stereocenters. The molecule has 0 aliphatic rings. The molecule has 0 aliphatic heterocycles. The highest BCUT2D eigenvalue weighted by molar-refractivity contribution is 5.66. The smallest absolute Gasteiger partial charge is 0.323 e. The molecular formula is C7H11N3O2. The molecule has 1 heterocycles. The van der Waals surface area contributed by atoms with Gasteiger partial charge in [-0.05, 0) is 6.42 Å². The maximum Gasteiger partial charge on any atom is 0.323 e. The van der Waals surface area contributed by atoms with Crippen LogP contribution in [0, 0.1) is 0 Å². The Bertz CT molecular complexity index is 269. The number of hydrogen-bond acceptors (Lipinski definition) is 3. The normalized spacial score (nSPS) is 10.1. The van der Waals surface area contributed by atoms with E-state index in [1.54, 1.807) is 4.57 Å². The molecule has 5 nitrogen and oxygen atoms in total. The molecule has 0 spiro atoms. The second-order valence-corrected chi connectivity index (χ2v) is 2.52. The Balaban J connectivity index is 2.69. The minimum Gasteiger partial charge on any atom is -0.480 e. The van der Waals surface area contributed by atoms with Crippen molar-refractivity contribution in [2.75, 3.05) is 0 Å². The number of carboxylic acid groups (broad SMARTS) is 1. The second-order valence-electron chi connectivity index (χ2n) is 2.52. The predicted molar refractivity (Wildman–Crippen MR) is 41.7 cm³/mol. The van der Waals surface area contributed by atoms with Gasteiger partial charge in [0.2, 0.25) is 0 Å². The fourth-order valence-corrected chi connectivity index (χ4v) is 0.974. The van der Waals surface area contributed by atoms with Crippen molar-refractivity contribution in [2.45, 2.75) is 26.3 Å². The van der Waals surface area contributed by atoms with E-state index < -0.39 is 5.97 Å². The van der Waals surface area contributed by atoms with Crippen molar-refractivity contribution in [1.82, 2.24) is 14.8 Å². The fourth-order valence-electron chi connectivity index (χ4n) is 0.974. The summed E-state index contributed by atoms with van der Waals surface area (Å²) in [7, 11) is 0. The van der Waals surface area contributed by atoms with E-state index in [0.29, 0.717) is 0 Å². The minimum absolute atomic E-state index is 0.0532. The Hall–Kier alpha value is -1.39. The molecule has 1 N–H and O–H groups in total. The molecular weight excluding hydrogens is 158 g/mol. The number of aryl methyl sites for hydroxylation is 1. The van der Waals surface area contributed by atoms with E-state index in [0.717, 1.165) is 18.7 Å². The quantitative estimate of drug-likeness (QED) is 0.704. The largest absolute Gasteiger partial charge is 0.480 e. The lowest BCUT2D eigenvalue weighted by molar-refractivity contribution is -0.137. The zero-order valence-electron chi connectivity index (χ0n) is 6.90. The van der Waals surface area contributed by atoms with Gasteiger partial charge in [0.05, 0.1) is 0 Å². The molecule has 0 saturated heterocycles. The van der Waals surface area contributed by atoms with Crippen LogP contribution in [0.3, 0.4) is 0 Å². The molecule has 0 amide bonds. The molecule has 66 valence electrons. The number of nitrogens with zero attached hydrogens (tertiary/aromatic N) is 3. The minimum atomic E-state index is -0.868. The zero-order valence-corrected chi connectivity index (χ0v) is 6.90. The SMILES string of the molecule is CCCc1nncn1CC(=O)O. The van der Waals surface area contributed by atoms with Crippen molar-refractivity contribution >= 4 is 5.97 Å². The molecule has 0 saturated carbocycles. The molecule has 1 rings (SSSR count). The van der Waals surface area contributed by atoms with Crippen molar-refractivity contribution in [1.29, 1.82) is 0 Å². The monoisotopic (exact) mass is 169 g/mol. The van der Waals surface area contributed by atoms with E-state index in [1.807, 2.05) is 6.92 Å². The summed E-state index contributed by atoms with van der Waals surface area (Å²) in [5, 5.41) is 16.0. The summed E-state index contributed by atoms with van der Waals surface area (Å²) < 4.78 is 1.55. The number of rotatable bonds is 4. The van der Waals surface area contributed by atoms with Crippen molar-refractivity contribution in [2.24, 2.45) is 0 Å². The van der Waals surface area contributed by atoms with E-state index in [4.69, 9.17) is 5.11 Å². The van der Waals surface area contributed by atoms with Crippen molar-refractivity contribution in [3.63, 3.8) is 0 Å². The average molecular weight is 169 g/mol. The molecule has 0 fully saturated rings. The van der Waals surface area contributed by atoms with E-state index in [-0.39, 0.29) is 6.54 Å². The molecule has 0 aliphatic carbocycles. The second kappa shape index (κ2) is 3.85. The lowest BCUT2D eigenvalue weighted by atomic mass is 10.3. The first kappa shape index (κ1) is 8.70. The summed E-state index contributed by atoms with van der Waals surface area (Å²) in [6, 6.07) is 0. The summed E-state index contributed by atoms with van der Waals surface area (Å²) in [5.74, 6) is -0.132. The van der Waals surface area contributed by atoms with Gasteiger partial charge in [-0.25, -0.2) is 0 Å². The lowest BCUT2D eigenvalue weighted by Gasteiger charge is -2.00. The van der Waals surface area contributed by atoms with Crippen LogP contribution >= 0.6 is 0 Å². The van der Waals surface area contributed by atoms with E-state index in [9.17, 15) is 4.79 Å². The summed E-state index contributed by atoms with van der Waals surface area (Å²) in [6.45, 7) is 1.96. The Kier molecular flexibility index (Phi) is 2.79. The van der Waals surface area contributed by atoms with E-state index in [2.05, 4.69) is 10.2 Å². The lowest BCUT2D eigenvalue weighted by Crippen LogP contribution is -2.10. The molecule has 0 radical (unpaired) electrons. The summed E-state index contributed by atoms with van der Waals surface area (Å²) in [4.78, 5) is 10.3. The van der Waals surface area contributed by atoms with Crippen LogP contribution < -0.4 is 0 Å². The third kappa shape index (κ3) is 2.05. The number of aromatic nitrogens is 3. The van der Waals surface area contributed by atoms with Gasteiger partial charge in [-0.1, -0.05) is 6.92 Å². The van der Waals surface area contributed by atoms with Crippen LogP contribution in [0.1, 0.15) is 19.2 Å². The van der Waals surface area contributed by atoms with Gasteiger partial charge in [0, 0.05) is 6.42 Å². The van der Waals surface area contributed by atoms with Crippen molar-refractivity contribution in [3.8, 4) is 0 Å². The standard InChI is InChI=1S/C7H11N3O2/c1-2-3-6-9-8-5-10(6)4-7(11)12/h5H,2-4H2,1H3,(H,11,12). The highest BCUT2D eigenvalue weighted by atomic mass is 16.4. The summed E-state index contributed by atoms with van der Waals surface area (Å²) in [6.07, 6.45) is 3.16. The van der Waals surface area contributed by atoms with Gasteiger partial charge in [0.1, 0.15) is 18.7 Å². The summed E-state index contributed by atoms with van der Waals surface area (Å²) in [5.41, 5.74) is 0. The molecule has 1 aromatic rings. The predicted octanol–water partition coefficient (Wildman–Crippen LogP) is 0.315. The molecule has 0 aromatic carbocycles. The van der Waals surface area contributed by atoms with Gasteiger partial charge in [-0.2, -0.15) is 0 Å². The summed E-state index contributed by atoms with van der Waals surface area (Å²) >= 11 is 0. The molecule has 12 heavy (non-hydrogen) atoms. The third-order valence-corrected chi connectivity index (χ3v) is 1.47. The first-order chi connectivity index (χ1) is 5.74. The Labute approximate surface area is 70.0 Å². The maximum atomic E-state index is 10.3. The fraction of sp³-hybridized carbons (Fsp3) is 0.571. The highest BCUT2D eigenvalue weighted by Crippen LogP contribution is 1.98. The zero-order chi connectivity index (χ0) is 8.97. The highest BCUT2D eigenvalue weighted by Gasteiger charge is 2.05. The van der Waals surface area contributed by atoms with E-state index >= 15 is 0 Å². The first-order valence-electron chi connectivity index (χ1n) is 3.82.